The van der Waals surface area contributed by atoms with Crippen molar-refractivity contribution in [1.29, 1.82) is 0 Å². The minimum absolute atomic E-state index is 0.205. The first-order chi connectivity index (χ1) is 11.7. The lowest BCUT2D eigenvalue weighted by Crippen LogP contribution is -2.06. The standard InChI is InChI=1S/C20H16IO2S/c1-23-20(22)15-10-12-18(13-11-15)24(17-7-3-2-4-8-17)19-9-5-6-16(21)14-19/h2-14H,1H3/q+1. The van der Waals surface area contributed by atoms with E-state index in [4.69, 9.17) is 4.74 Å². The van der Waals surface area contributed by atoms with Gasteiger partial charge in [0, 0.05) is 9.64 Å². The van der Waals surface area contributed by atoms with E-state index in [1.54, 1.807) is 0 Å². The summed E-state index contributed by atoms with van der Waals surface area (Å²) in [4.78, 5) is 15.4. The number of halogens is 1. The Balaban J connectivity index is 2.07. The highest BCUT2D eigenvalue weighted by atomic mass is 127. The summed E-state index contributed by atoms with van der Waals surface area (Å²) in [6, 6.07) is 26.7. The van der Waals surface area contributed by atoms with Crippen LogP contribution in [0.3, 0.4) is 0 Å². The van der Waals surface area contributed by atoms with Crippen molar-refractivity contribution in [2.45, 2.75) is 14.7 Å². The Morgan fingerprint density at radius 1 is 0.833 bits per heavy atom. The minimum Gasteiger partial charge on any atom is -0.465 e. The number of hydrogen-bond acceptors (Lipinski definition) is 2. The number of carbonyl (C=O) groups excluding carboxylic acids is 1. The molecule has 0 amide bonds. The lowest BCUT2D eigenvalue weighted by Gasteiger charge is -2.08. The summed E-state index contributed by atoms with van der Waals surface area (Å²) in [6.07, 6.45) is 0. The van der Waals surface area contributed by atoms with Gasteiger partial charge in [0.05, 0.1) is 23.6 Å². The average Bonchev–Trinajstić information content (AvgIpc) is 2.63. The smallest absolute Gasteiger partial charge is 0.337 e. The highest BCUT2D eigenvalue weighted by Crippen LogP contribution is 2.31. The molecule has 0 radical (unpaired) electrons. The molecule has 0 saturated heterocycles. The van der Waals surface area contributed by atoms with Gasteiger partial charge in [0.25, 0.3) is 0 Å². The first-order valence-corrected chi connectivity index (χ1v) is 9.72. The highest BCUT2D eigenvalue weighted by molar-refractivity contribution is 14.1. The topological polar surface area (TPSA) is 26.3 Å². The van der Waals surface area contributed by atoms with Crippen molar-refractivity contribution in [2.24, 2.45) is 0 Å². The molecule has 0 bridgehead atoms. The van der Waals surface area contributed by atoms with Gasteiger partial charge in [0.15, 0.2) is 14.7 Å². The fourth-order valence-corrected chi connectivity index (χ4v) is 5.27. The van der Waals surface area contributed by atoms with Gasteiger partial charge in [0.2, 0.25) is 0 Å². The SMILES string of the molecule is COC(=O)c1ccc([S+](c2ccccc2)c2cccc(I)c2)cc1. The Morgan fingerprint density at radius 2 is 1.46 bits per heavy atom. The predicted molar refractivity (Wildman–Crippen MR) is 106 cm³/mol. The van der Waals surface area contributed by atoms with Crippen LogP contribution in [0, 0.1) is 3.57 Å². The molecule has 4 heteroatoms. The van der Waals surface area contributed by atoms with Gasteiger partial charge >= 0.3 is 5.97 Å². The van der Waals surface area contributed by atoms with Crippen molar-refractivity contribution in [2.75, 3.05) is 7.11 Å². The quantitative estimate of drug-likeness (QED) is 0.313. The van der Waals surface area contributed by atoms with E-state index in [1.165, 1.54) is 25.4 Å². The lowest BCUT2D eigenvalue weighted by atomic mass is 10.2. The summed E-state index contributed by atoms with van der Waals surface area (Å²) in [5, 5.41) is 0. The molecule has 1 atom stereocenters. The van der Waals surface area contributed by atoms with Crippen LogP contribution in [-0.2, 0) is 15.6 Å². The van der Waals surface area contributed by atoms with E-state index in [1.807, 2.05) is 30.3 Å². The van der Waals surface area contributed by atoms with E-state index in [-0.39, 0.29) is 16.9 Å². The number of benzene rings is 3. The van der Waals surface area contributed by atoms with Crippen LogP contribution in [0.25, 0.3) is 0 Å². The van der Waals surface area contributed by atoms with Crippen molar-refractivity contribution in [3.8, 4) is 0 Å². The summed E-state index contributed by atoms with van der Waals surface area (Å²) >= 11 is 2.34. The molecule has 3 aromatic carbocycles. The van der Waals surface area contributed by atoms with E-state index in [0.29, 0.717) is 5.56 Å². The molecule has 0 aliphatic carbocycles. The second kappa shape index (κ2) is 7.85. The van der Waals surface area contributed by atoms with Crippen LogP contribution < -0.4 is 0 Å². The third kappa shape index (κ3) is 3.82. The van der Waals surface area contributed by atoms with Gasteiger partial charge in [-0.1, -0.05) is 24.3 Å². The second-order valence-electron chi connectivity index (χ2n) is 5.09. The molecule has 0 fully saturated rings. The molecule has 2 nitrogen and oxygen atoms in total. The van der Waals surface area contributed by atoms with Crippen molar-refractivity contribution < 1.29 is 9.53 Å². The number of ether oxygens (including phenoxy) is 1. The molecule has 120 valence electrons. The Morgan fingerprint density at radius 3 is 2.08 bits per heavy atom. The fourth-order valence-electron chi connectivity index (χ4n) is 2.40. The first kappa shape index (κ1) is 17.0. The van der Waals surface area contributed by atoms with E-state index >= 15 is 0 Å². The van der Waals surface area contributed by atoms with E-state index in [0.717, 1.165) is 0 Å². The van der Waals surface area contributed by atoms with Crippen LogP contribution >= 0.6 is 22.6 Å². The van der Waals surface area contributed by atoms with E-state index < -0.39 is 0 Å². The zero-order valence-electron chi connectivity index (χ0n) is 13.1. The van der Waals surface area contributed by atoms with E-state index in [2.05, 4.69) is 71.1 Å². The summed E-state index contributed by atoms with van der Waals surface area (Å²) in [5.41, 5.74) is 0.570. The molecule has 1 unspecified atom stereocenters. The Bertz CT molecular complexity index is 832. The average molecular weight is 447 g/mol. The summed E-state index contributed by atoms with van der Waals surface area (Å²) in [7, 11) is 1.19. The van der Waals surface area contributed by atoms with Gasteiger partial charge in [0.1, 0.15) is 0 Å². The third-order valence-electron chi connectivity index (χ3n) is 3.52. The zero-order chi connectivity index (χ0) is 16.9. The second-order valence-corrected chi connectivity index (χ2v) is 8.36. The van der Waals surface area contributed by atoms with Gasteiger partial charge in [-0.3, -0.25) is 0 Å². The fraction of sp³-hybridized carbons (Fsp3) is 0.0500. The Hall–Kier alpha value is -1.79. The number of rotatable bonds is 4. The van der Waals surface area contributed by atoms with Gasteiger partial charge in [-0.05, 0) is 71.1 Å². The molecule has 0 aliphatic heterocycles. The van der Waals surface area contributed by atoms with Crippen molar-refractivity contribution in [1.82, 2.24) is 0 Å². The Kier molecular flexibility index (Phi) is 5.58. The van der Waals surface area contributed by atoms with Crippen LogP contribution in [0.2, 0.25) is 0 Å². The van der Waals surface area contributed by atoms with Gasteiger partial charge in [-0.2, -0.15) is 0 Å². The number of hydrogen-bond donors (Lipinski definition) is 0. The molecule has 3 aromatic rings. The third-order valence-corrected chi connectivity index (χ3v) is 6.41. The van der Waals surface area contributed by atoms with Gasteiger partial charge in [-0.15, -0.1) is 0 Å². The maximum Gasteiger partial charge on any atom is 0.337 e. The van der Waals surface area contributed by atoms with Crippen LogP contribution in [-0.4, -0.2) is 13.1 Å². The van der Waals surface area contributed by atoms with Gasteiger partial charge < -0.3 is 4.74 Å². The van der Waals surface area contributed by atoms with Crippen LogP contribution in [0.1, 0.15) is 10.4 Å². The van der Waals surface area contributed by atoms with Crippen molar-refractivity contribution in [3.05, 3.63) is 88.0 Å². The zero-order valence-corrected chi connectivity index (χ0v) is 16.1. The number of methoxy groups -OCH3 is 1. The van der Waals surface area contributed by atoms with Crippen LogP contribution in [0.15, 0.2) is 93.5 Å². The predicted octanol–water partition coefficient (Wildman–Crippen LogP) is 5.17. The van der Waals surface area contributed by atoms with Crippen LogP contribution in [0.5, 0.6) is 0 Å². The largest absolute Gasteiger partial charge is 0.465 e. The normalized spacial score (nSPS) is 11.8. The maximum atomic E-state index is 11.7. The first-order valence-electron chi connectivity index (χ1n) is 7.42. The summed E-state index contributed by atoms with van der Waals surface area (Å²) in [6.45, 7) is 0. The Labute approximate surface area is 158 Å². The van der Waals surface area contributed by atoms with Crippen molar-refractivity contribution >= 4 is 39.5 Å². The lowest BCUT2D eigenvalue weighted by molar-refractivity contribution is 0.0600. The molecule has 0 aliphatic rings. The molecule has 24 heavy (non-hydrogen) atoms. The van der Waals surface area contributed by atoms with Crippen LogP contribution in [0.4, 0.5) is 0 Å². The minimum atomic E-state index is -0.310. The molecular weight excluding hydrogens is 431 g/mol. The molecule has 3 rings (SSSR count). The monoisotopic (exact) mass is 447 g/mol. The molecule has 0 saturated carbocycles. The number of carbonyl (C=O) groups is 1. The van der Waals surface area contributed by atoms with Gasteiger partial charge in [-0.25, -0.2) is 4.79 Å². The summed E-state index contributed by atoms with van der Waals surface area (Å²) in [5.74, 6) is -0.310. The highest BCUT2D eigenvalue weighted by Gasteiger charge is 2.28. The van der Waals surface area contributed by atoms with E-state index in [9.17, 15) is 4.79 Å². The number of esters is 1. The molecule has 0 heterocycles. The van der Waals surface area contributed by atoms with Crippen molar-refractivity contribution in [3.63, 3.8) is 0 Å². The molecule has 0 aromatic heterocycles. The summed E-state index contributed by atoms with van der Waals surface area (Å²) < 4.78 is 6.00. The molecule has 0 N–H and O–H groups in total. The molecular formula is C20H16IO2S+. The maximum absolute atomic E-state index is 11.7. The molecule has 0 spiro atoms.